The van der Waals surface area contributed by atoms with E-state index in [4.69, 9.17) is 5.11 Å². The molecule has 4 heteroatoms. The summed E-state index contributed by atoms with van der Waals surface area (Å²) in [6, 6.07) is 5.18. The zero-order valence-corrected chi connectivity index (χ0v) is 9.83. The molecule has 0 saturated heterocycles. The van der Waals surface area contributed by atoms with E-state index >= 15 is 0 Å². The molecule has 0 unspecified atom stereocenters. The van der Waals surface area contributed by atoms with Gasteiger partial charge in [-0.1, -0.05) is 13.0 Å². The maximum absolute atomic E-state index is 13.7. The molecule has 1 aromatic carbocycles. The molecule has 90 valence electrons. The molecule has 1 rings (SSSR count). The third-order valence-electron chi connectivity index (χ3n) is 2.44. The number of likely N-dealkylation sites (N-methyl/N-ethyl adjacent to an activating group) is 1. The Kier molecular flexibility index (Phi) is 5.22. The van der Waals surface area contributed by atoms with Crippen LogP contribution in [0.2, 0.25) is 0 Å². The molecule has 1 aromatic rings. The van der Waals surface area contributed by atoms with Crippen molar-refractivity contribution in [2.75, 3.05) is 31.6 Å². The minimum atomic E-state index is -0.244. The number of benzene rings is 1. The molecule has 0 bridgehead atoms. The van der Waals surface area contributed by atoms with Crippen molar-refractivity contribution >= 4 is 5.69 Å². The number of aliphatic hydroxyl groups excluding tert-OH is 1. The molecule has 0 aliphatic heterocycles. The van der Waals surface area contributed by atoms with Crippen LogP contribution in [-0.2, 0) is 6.54 Å². The third kappa shape index (κ3) is 3.47. The van der Waals surface area contributed by atoms with E-state index in [-0.39, 0.29) is 12.4 Å². The fraction of sp³-hybridized carbons (Fsp3) is 0.500. The van der Waals surface area contributed by atoms with Gasteiger partial charge in [-0.3, -0.25) is 0 Å². The Bertz CT molecular complexity index is 331. The van der Waals surface area contributed by atoms with Gasteiger partial charge >= 0.3 is 0 Å². The summed E-state index contributed by atoms with van der Waals surface area (Å²) in [5.74, 6) is -0.244. The molecule has 0 aliphatic carbocycles. The van der Waals surface area contributed by atoms with E-state index < -0.39 is 0 Å². The average molecular weight is 226 g/mol. The van der Waals surface area contributed by atoms with Crippen LogP contribution in [0.4, 0.5) is 10.1 Å². The fourth-order valence-corrected chi connectivity index (χ4v) is 1.51. The van der Waals surface area contributed by atoms with Crippen molar-refractivity contribution in [3.63, 3.8) is 0 Å². The monoisotopic (exact) mass is 226 g/mol. The first kappa shape index (κ1) is 12.9. The molecule has 0 saturated carbocycles. The largest absolute Gasteiger partial charge is 0.395 e. The van der Waals surface area contributed by atoms with Gasteiger partial charge < -0.3 is 15.3 Å². The van der Waals surface area contributed by atoms with E-state index in [0.29, 0.717) is 18.8 Å². The zero-order chi connectivity index (χ0) is 12.0. The summed E-state index contributed by atoms with van der Waals surface area (Å²) in [6.07, 6.45) is 0. The van der Waals surface area contributed by atoms with Crippen molar-refractivity contribution in [3.05, 3.63) is 29.6 Å². The van der Waals surface area contributed by atoms with Gasteiger partial charge in [-0.25, -0.2) is 4.39 Å². The molecule has 0 heterocycles. The third-order valence-corrected chi connectivity index (χ3v) is 2.44. The normalized spacial score (nSPS) is 10.5. The van der Waals surface area contributed by atoms with Gasteiger partial charge in [0.2, 0.25) is 0 Å². The molecule has 0 amide bonds. The molecule has 0 aliphatic rings. The number of halogens is 1. The summed E-state index contributed by atoms with van der Waals surface area (Å²) >= 11 is 0. The van der Waals surface area contributed by atoms with E-state index in [1.165, 1.54) is 6.07 Å². The van der Waals surface area contributed by atoms with Crippen LogP contribution in [0.25, 0.3) is 0 Å². The number of hydrogen-bond donors (Lipinski definition) is 2. The van der Waals surface area contributed by atoms with Crippen molar-refractivity contribution in [1.82, 2.24) is 5.32 Å². The minimum Gasteiger partial charge on any atom is -0.395 e. The van der Waals surface area contributed by atoms with Crippen LogP contribution in [0.5, 0.6) is 0 Å². The maximum atomic E-state index is 13.7. The molecule has 0 aromatic heterocycles. The van der Waals surface area contributed by atoms with Crippen molar-refractivity contribution < 1.29 is 9.50 Å². The highest BCUT2D eigenvalue weighted by molar-refractivity contribution is 5.48. The number of aliphatic hydroxyl groups is 1. The lowest BCUT2D eigenvalue weighted by Crippen LogP contribution is -2.22. The van der Waals surface area contributed by atoms with E-state index in [2.05, 4.69) is 5.32 Å². The Balaban J connectivity index is 2.74. The van der Waals surface area contributed by atoms with Gasteiger partial charge in [0, 0.05) is 20.1 Å². The standard InChI is InChI=1S/C12H19FN2O/c1-3-14-9-10-4-5-12(11(13)8-10)15(2)6-7-16/h4-5,8,14,16H,3,6-7,9H2,1-2H3. The van der Waals surface area contributed by atoms with Gasteiger partial charge in [-0.05, 0) is 24.2 Å². The zero-order valence-electron chi connectivity index (χ0n) is 9.83. The predicted octanol–water partition coefficient (Wildman–Crippen LogP) is 1.36. The number of hydrogen-bond acceptors (Lipinski definition) is 3. The lowest BCUT2D eigenvalue weighted by molar-refractivity contribution is 0.304. The summed E-state index contributed by atoms with van der Waals surface area (Å²) < 4.78 is 13.7. The predicted molar refractivity (Wildman–Crippen MR) is 64.1 cm³/mol. The number of anilines is 1. The first-order valence-corrected chi connectivity index (χ1v) is 5.50. The average Bonchev–Trinajstić information content (AvgIpc) is 2.26. The van der Waals surface area contributed by atoms with Crippen LogP contribution in [0.3, 0.4) is 0 Å². The molecule has 0 spiro atoms. The van der Waals surface area contributed by atoms with Gasteiger partial charge in [0.25, 0.3) is 0 Å². The van der Waals surface area contributed by atoms with Gasteiger partial charge in [0.1, 0.15) is 5.82 Å². The highest BCUT2D eigenvalue weighted by Gasteiger charge is 2.07. The molecule has 0 atom stereocenters. The lowest BCUT2D eigenvalue weighted by atomic mass is 10.2. The lowest BCUT2D eigenvalue weighted by Gasteiger charge is -2.19. The Hall–Kier alpha value is -1.13. The van der Waals surface area contributed by atoms with Crippen molar-refractivity contribution in [1.29, 1.82) is 0 Å². The van der Waals surface area contributed by atoms with Gasteiger partial charge in [0.05, 0.1) is 12.3 Å². The smallest absolute Gasteiger partial charge is 0.146 e. The topological polar surface area (TPSA) is 35.5 Å². The fourth-order valence-electron chi connectivity index (χ4n) is 1.51. The van der Waals surface area contributed by atoms with Crippen molar-refractivity contribution in [3.8, 4) is 0 Å². The number of rotatable bonds is 6. The molecular formula is C12H19FN2O. The molecule has 3 nitrogen and oxygen atoms in total. The summed E-state index contributed by atoms with van der Waals surface area (Å²) in [7, 11) is 1.76. The summed E-state index contributed by atoms with van der Waals surface area (Å²) in [5, 5.41) is 11.9. The van der Waals surface area contributed by atoms with E-state index in [9.17, 15) is 4.39 Å². The number of nitrogens with zero attached hydrogens (tertiary/aromatic N) is 1. The molecule has 0 fully saturated rings. The van der Waals surface area contributed by atoms with Crippen LogP contribution in [0.1, 0.15) is 12.5 Å². The van der Waals surface area contributed by atoms with Crippen molar-refractivity contribution in [2.24, 2.45) is 0 Å². The Labute approximate surface area is 95.9 Å². The van der Waals surface area contributed by atoms with Crippen molar-refractivity contribution in [2.45, 2.75) is 13.5 Å². The van der Waals surface area contributed by atoms with E-state index in [1.54, 1.807) is 18.0 Å². The molecular weight excluding hydrogens is 207 g/mol. The van der Waals surface area contributed by atoms with Crippen LogP contribution in [-0.4, -0.2) is 31.9 Å². The summed E-state index contributed by atoms with van der Waals surface area (Å²) in [6.45, 7) is 4.02. The molecule has 2 N–H and O–H groups in total. The van der Waals surface area contributed by atoms with E-state index in [0.717, 1.165) is 12.1 Å². The SMILES string of the molecule is CCNCc1ccc(N(C)CCO)c(F)c1. The molecule has 0 radical (unpaired) electrons. The van der Waals surface area contributed by atoms with Crippen LogP contribution in [0.15, 0.2) is 18.2 Å². The van der Waals surface area contributed by atoms with Crippen LogP contribution in [0, 0.1) is 5.82 Å². The second kappa shape index (κ2) is 6.45. The minimum absolute atomic E-state index is 0.0229. The first-order valence-electron chi connectivity index (χ1n) is 5.50. The maximum Gasteiger partial charge on any atom is 0.146 e. The second-order valence-corrected chi connectivity index (χ2v) is 3.71. The quantitative estimate of drug-likeness (QED) is 0.769. The van der Waals surface area contributed by atoms with Gasteiger partial charge in [-0.2, -0.15) is 0 Å². The Morgan fingerprint density at radius 1 is 1.44 bits per heavy atom. The van der Waals surface area contributed by atoms with Crippen LogP contribution < -0.4 is 10.2 Å². The highest BCUT2D eigenvalue weighted by Crippen LogP contribution is 2.19. The van der Waals surface area contributed by atoms with Gasteiger partial charge in [-0.15, -0.1) is 0 Å². The molecule has 16 heavy (non-hydrogen) atoms. The summed E-state index contributed by atoms with van der Waals surface area (Å²) in [5.41, 5.74) is 1.45. The van der Waals surface area contributed by atoms with Crippen LogP contribution >= 0.6 is 0 Å². The number of nitrogens with one attached hydrogen (secondary N) is 1. The summed E-state index contributed by atoms with van der Waals surface area (Å²) in [4.78, 5) is 1.70. The van der Waals surface area contributed by atoms with Gasteiger partial charge in [0.15, 0.2) is 0 Å². The second-order valence-electron chi connectivity index (χ2n) is 3.71. The Morgan fingerprint density at radius 2 is 2.19 bits per heavy atom. The Morgan fingerprint density at radius 3 is 2.75 bits per heavy atom. The first-order chi connectivity index (χ1) is 7.69. The highest BCUT2D eigenvalue weighted by atomic mass is 19.1. The van der Waals surface area contributed by atoms with E-state index in [1.807, 2.05) is 13.0 Å².